The van der Waals surface area contributed by atoms with Gasteiger partial charge in [-0.3, -0.25) is 0 Å². The summed E-state index contributed by atoms with van der Waals surface area (Å²) in [4.78, 5) is 4.55. The van der Waals surface area contributed by atoms with E-state index in [1.165, 1.54) is 0 Å². The highest BCUT2D eigenvalue weighted by Gasteiger charge is 2.08. The maximum atomic E-state index is 5.28. The summed E-state index contributed by atoms with van der Waals surface area (Å²) in [5.74, 6) is 1.47. The molecule has 0 aliphatic rings. The molecule has 0 unspecified atom stereocenters. The van der Waals surface area contributed by atoms with Gasteiger partial charge >= 0.3 is 0 Å². The molecule has 0 atom stereocenters. The highest BCUT2D eigenvalue weighted by Crippen LogP contribution is 2.32. The number of benzene rings is 1. The molecule has 0 saturated carbocycles. The molecule has 0 fully saturated rings. The number of thiazole rings is 1. The van der Waals surface area contributed by atoms with E-state index >= 15 is 0 Å². The van der Waals surface area contributed by atoms with E-state index in [2.05, 4.69) is 17.3 Å². The topological polar surface area (TPSA) is 31.4 Å². The van der Waals surface area contributed by atoms with Crippen molar-refractivity contribution in [1.29, 1.82) is 0 Å². The maximum Gasteiger partial charge on any atom is 0.161 e. The standard InChI is InChI=1S/C13H15NO2S/c1-4-13-14-10(8-17-13)9-5-6-11(15-2)12(7-9)16-3/h5-8H,4H2,1-3H3. The van der Waals surface area contributed by atoms with Gasteiger partial charge in [0.25, 0.3) is 0 Å². The van der Waals surface area contributed by atoms with E-state index in [-0.39, 0.29) is 0 Å². The van der Waals surface area contributed by atoms with Crippen LogP contribution in [0.2, 0.25) is 0 Å². The number of hydrogen-bond acceptors (Lipinski definition) is 4. The van der Waals surface area contributed by atoms with Gasteiger partial charge in [-0.05, 0) is 24.6 Å². The van der Waals surface area contributed by atoms with Crippen LogP contribution in [0.25, 0.3) is 11.3 Å². The van der Waals surface area contributed by atoms with Crippen molar-refractivity contribution < 1.29 is 9.47 Å². The summed E-state index contributed by atoms with van der Waals surface area (Å²) in [5, 5.41) is 3.22. The van der Waals surface area contributed by atoms with Crippen LogP contribution in [0.4, 0.5) is 0 Å². The van der Waals surface area contributed by atoms with Gasteiger partial charge < -0.3 is 9.47 Å². The van der Waals surface area contributed by atoms with Crippen LogP contribution in [0, 0.1) is 0 Å². The highest BCUT2D eigenvalue weighted by molar-refractivity contribution is 7.09. The van der Waals surface area contributed by atoms with Gasteiger partial charge in [-0.2, -0.15) is 0 Å². The van der Waals surface area contributed by atoms with Crippen LogP contribution in [0.1, 0.15) is 11.9 Å². The first-order valence-corrected chi connectivity index (χ1v) is 6.33. The summed E-state index contributed by atoms with van der Waals surface area (Å²) < 4.78 is 10.5. The van der Waals surface area contributed by atoms with Crippen LogP contribution >= 0.6 is 11.3 Å². The Balaban J connectivity index is 2.38. The van der Waals surface area contributed by atoms with Gasteiger partial charge in [0, 0.05) is 10.9 Å². The van der Waals surface area contributed by atoms with Crippen molar-refractivity contribution in [3.05, 3.63) is 28.6 Å². The molecule has 0 N–H and O–H groups in total. The summed E-state index contributed by atoms with van der Waals surface area (Å²) >= 11 is 1.68. The Hall–Kier alpha value is -1.55. The summed E-state index contributed by atoms with van der Waals surface area (Å²) in [7, 11) is 3.27. The summed E-state index contributed by atoms with van der Waals surface area (Å²) in [6.45, 7) is 2.11. The molecule has 0 saturated heterocycles. The summed E-state index contributed by atoms with van der Waals surface area (Å²) in [6, 6.07) is 5.85. The molecule has 0 bridgehead atoms. The molecule has 17 heavy (non-hydrogen) atoms. The second-order valence-electron chi connectivity index (χ2n) is 3.55. The molecule has 0 amide bonds. The summed E-state index contributed by atoms with van der Waals surface area (Å²) in [6.07, 6.45) is 0.970. The molecule has 2 rings (SSSR count). The van der Waals surface area contributed by atoms with E-state index in [1.54, 1.807) is 25.6 Å². The first-order valence-electron chi connectivity index (χ1n) is 5.45. The lowest BCUT2D eigenvalue weighted by atomic mass is 10.1. The number of hydrogen-bond donors (Lipinski definition) is 0. The maximum absolute atomic E-state index is 5.28. The number of aromatic nitrogens is 1. The molecule has 0 spiro atoms. The predicted octanol–water partition coefficient (Wildman–Crippen LogP) is 3.39. The minimum absolute atomic E-state index is 0.732. The average molecular weight is 249 g/mol. The SMILES string of the molecule is CCc1nc(-c2ccc(OC)c(OC)c2)cs1. The zero-order chi connectivity index (χ0) is 12.3. The minimum Gasteiger partial charge on any atom is -0.493 e. The smallest absolute Gasteiger partial charge is 0.161 e. The second kappa shape index (κ2) is 5.19. The molecule has 90 valence electrons. The lowest BCUT2D eigenvalue weighted by Gasteiger charge is -2.08. The van der Waals surface area contributed by atoms with E-state index in [0.29, 0.717) is 0 Å². The van der Waals surface area contributed by atoms with Gasteiger partial charge in [-0.25, -0.2) is 4.98 Å². The third kappa shape index (κ3) is 2.42. The van der Waals surface area contributed by atoms with Crippen LogP contribution in [-0.4, -0.2) is 19.2 Å². The Morgan fingerprint density at radius 3 is 2.53 bits per heavy atom. The normalized spacial score (nSPS) is 10.3. The van der Waals surface area contributed by atoms with E-state index < -0.39 is 0 Å². The largest absolute Gasteiger partial charge is 0.493 e. The van der Waals surface area contributed by atoms with Crippen LogP contribution < -0.4 is 9.47 Å². The molecular weight excluding hydrogens is 234 g/mol. The van der Waals surface area contributed by atoms with Crippen LogP contribution in [0.5, 0.6) is 11.5 Å². The Kier molecular flexibility index (Phi) is 3.64. The number of nitrogens with zero attached hydrogens (tertiary/aromatic N) is 1. The fourth-order valence-corrected chi connectivity index (χ4v) is 2.36. The monoisotopic (exact) mass is 249 g/mol. The van der Waals surface area contributed by atoms with Crippen molar-refractivity contribution in [2.75, 3.05) is 14.2 Å². The van der Waals surface area contributed by atoms with Crippen molar-refractivity contribution in [2.45, 2.75) is 13.3 Å². The lowest BCUT2D eigenvalue weighted by molar-refractivity contribution is 0.355. The van der Waals surface area contributed by atoms with E-state index in [4.69, 9.17) is 9.47 Å². The molecule has 0 aliphatic heterocycles. The highest BCUT2D eigenvalue weighted by atomic mass is 32.1. The average Bonchev–Trinajstić information content (AvgIpc) is 2.86. The zero-order valence-corrected chi connectivity index (χ0v) is 11.0. The van der Waals surface area contributed by atoms with Gasteiger partial charge in [-0.15, -0.1) is 11.3 Å². The van der Waals surface area contributed by atoms with E-state index in [0.717, 1.165) is 34.2 Å². The number of ether oxygens (including phenoxy) is 2. The van der Waals surface area contributed by atoms with Crippen molar-refractivity contribution >= 4 is 11.3 Å². The van der Waals surface area contributed by atoms with Gasteiger partial charge in [0.1, 0.15) is 0 Å². The third-order valence-corrected chi connectivity index (χ3v) is 3.53. The first-order chi connectivity index (χ1) is 8.28. The molecule has 4 heteroatoms. The van der Waals surface area contributed by atoms with Gasteiger partial charge in [-0.1, -0.05) is 6.92 Å². The molecule has 1 aromatic carbocycles. The number of methoxy groups -OCH3 is 2. The fourth-order valence-electron chi connectivity index (χ4n) is 1.60. The van der Waals surface area contributed by atoms with E-state index in [9.17, 15) is 0 Å². The molecule has 2 aromatic rings. The van der Waals surface area contributed by atoms with Gasteiger partial charge in [0.15, 0.2) is 11.5 Å². The Morgan fingerprint density at radius 2 is 1.94 bits per heavy atom. The molecule has 0 aliphatic carbocycles. The van der Waals surface area contributed by atoms with E-state index in [1.807, 2.05) is 18.2 Å². The molecule has 1 aromatic heterocycles. The van der Waals surface area contributed by atoms with Crippen LogP contribution in [-0.2, 0) is 6.42 Å². The molecule has 1 heterocycles. The quantitative estimate of drug-likeness (QED) is 0.832. The first kappa shape index (κ1) is 11.9. The van der Waals surface area contributed by atoms with Crippen molar-refractivity contribution in [3.63, 3.8) is 0 Å². The third-order valence-electron chi connectivity index (χ3n) is 2.53. The van der Waals surface area contributed by atoms with Crippen molar-refractivity contribution in [3.8, 4) is 22.8 Å². The lowest BCUT2D eigenvalue weighted by Crippen LogP contribution is -1.91. The molecular formula is C13H15NO2S. The number of aryl methyl sites for hydroxylation is 1. The van der Waals surface area contributed by atoms with Crippen LogP contribution in [0.15, 0.2) is 23.6 Å². The fraction of sp³-hybridized carbons (Fsp3) is 0.308. The van der Waals surface area contributed by atoms with Crippen molar-refractivity contribution in [2.24, 2.45) is 0 Å². The van der Waals surface area contributed by atoms with Gasteiger partial charge in [0.05, 0.1) is 24.9 Å². The molecule has 3 nitrogen and oxygen atoms in total. The van der Waals surface area contributed by atoms with Gasteiger partial charge in [0.2, 0.25) is 0 Å². The number of rotatable bonds is 4. The Labute approximate surface area is 105 Å². The Morgan fingerprint density at radius 1 is 1.18 bits per heavy atom. The second-order valence-corrected chi connectivity index (χ2v) is 4.49. The Bertz CT molecular complexity index is 508. The summed E-state index contributed by atoms with van der Waals surface area (Å²) in [5.41, 5.74) is 2.05. The van der Waals surface area contributed by atoms with Crippen molar-refractivity contribution in [1.82, 2.24) is 4.98 Å². The molecule has 0 radical (unpaired) electrons. The van der Waals surface area contributed by atoms with Crippen LogP contribution in [0.3, 0.4) is 0 Å². The minimum atomic E-state index is 0.732. The zero-order valence-electron chi connectivity index (χ0n) is 10.2. The predicted molar refractivity (Wildman–Crippen MR) is 70.0 cm³/mol.